The largest absolute Gasteiger partial charge is 0.454 e. The lowest BCUT2D eigenvalue weighted by Crippen LogP contribution is -2.11. The zero-order valence-corrected chi connectivity index (χ0v) is 11.1. The highest BCUT2D eigenvalue weighted by molar-refractivity contribution is 5.67. The third-order valence-electron chi connectivity index (χ3n) is 3.12. The molecule has 0 bridgehead atoms. The lowest BCUT2D eigenvalue weighted by molar-refractivity contribution is 0.174. The van der Waals surface area contributed by atoms with Crippen LogP contribution in [0.25, 0.3) is 11.3 Å². The third kappa shape index (κ3) is 2.29. The number of nitrogens with zero attached hydrogens (tertiary/aromatic N) is 2. The Bertz CT molecular complexity index is 592. The van der Waals surface area contributed by atoms with Gasteiger partial charge in [0, 0.05) is 30.9 Å². The standard InChI is InChI=1S/C14H17N3O2/c1-3-15-7-11-8-17(2)16-14(11)10-4-5-12-13(6-10)19-9-18-12/h4-6,8,15H,3,7,9H2,1-2H3. The topological polar surface area (TPSA) is 48.3 Å². The molecule has 0 saturated carbocycles. The average Bonchev–Trinajstić information content (AvgIpc) is 3.01. The van der Waals surface area contributed by atoms with Crippen molar-refractivity contribution in [1.82, 2.24) is 15.1 Å². The van der Waals surface area contributed by atoms with Crippen LogP contribution in [0.5, 0.6) is 11.5 Å². The Kier molecular flexibility index (Phi) is 3.13. The fourth-order valence-electron chi connectivity index (χ4n) is 2.21. The molecule has 5 nitrogen and oxygen atoms in total. The van der Waals surface area contributed by atoms with E-state index in [1.807, 2.05) is 36.1 Å². The first-order chi connectivity index (χ1) is 9.28. The van der Waals surface area contributed by atoms with E-state index in [4.69, 9.17) is 9.47 Å². The second kappa shape index (κ2) is 4.93. The second-order valence-electron chi connectivity index (χ2n) is 4.52. The summed E-state index contributed by atoms with van der Waals surface area (Å²) in [6, 6.07) is 5.94. The maximum atomic E-state index is 5.42. The Morgan fingerprint density at radius 1 is 1.32 bits per heavy atom. The van der Waals surface area contributed by atoms with Crippen LogP contribution < -0.4 is 14.8 Å². The van der Waals surface area contributed by atoms with Crippen molar-refractivity contribution >= 4 is 0 Å². The highest BCUT2D eigenvalue weighted by Gasteiger charge is 2.16. The minimum Gasteiger partial charge on any atom is -0.454 e. The van der Waals surface area contributed by atoms with Crippen molar-refractivity contribution in [2.75, 3.05) is 13.3 Å². The number of hydrogen-bond donors (Lipinski definition) is 1. The molecular formula is C14H17N3O2. The summed E-state index contributed by atoms with van der Waals surface area (Å²) >= 11 is 0. The predicted octanol–water partition coefficient (Wildman–Crippen LogP) is 1.93. The molecule has 3 rings (SSSR count). The van der Waals surface area contributed by atoms with Crippen LogP contribution in [0.1, 0.15) is 12.5 Å². The first kappa shape index (κ1) is 12.0. The van der Waals surface area contributed by atoms with Gasteiger partial charge in [-0.3, -0.25) is 4.68 Å². The van der Waals surface area contributed by atoms with E-state index in [1.54, 1.807) is 0 Å². The van der Waals surface area contributed by atoms with E-state index in [1.165, 1.54) is 5.56 Å². The normalized spacial score (nSPS) is 12.9. The van der Waals surface area contributed by atoms with Crippen molar-refractivity contribution in [3.63, 3.8) is 0 Å². The van der Waals surface area contributed by atoms with E-state index in [0.29, 0.717) is 6.79 Å². The molecule has 1 N–H and O–H groups in total. The number of rotatable bonds is 4. The van der Waals surface area contributed by atoms with Gasteiger partial charge in [0.05, 0.1) is 5.69 Å². The summed E-state index contributed by atoms with van der Waals surface area (Å²) in [5, 5.41) is 7.87. The van der Waals surface area contributed by atoms with Crippen molar-refractivity contribution in [3.8, 4) is 22.8 Å². The van der Waals surface area contributed by atoms with Crippen LogP contribution in [0.15, 0.2) is 24.4 Å². The van der Waals surface area contributed by atoms with E-state index in [9.17, 15) is 0 Å². The number of fused-ring (bicyclic) bond motifs is 1. The SMILES string of the molecule is CCNCc1cn(C)nc1-c1ccc2c(c1)OCO2. The molecule has 0 fully saturated rings. The van der Waals surface area contributed by atoms with Gasteiger partial charge in [0.1, 0.15) is 0 Å². The first-order valence-electron chi connectivity index (χ1n) is 6.41. The van der Waals surface area contributed by atoms with Crippen molar-refractivity contribution in [2.45, 2.75) is 13.5 Å². The molecule has 1 aliphatic rings. The van der Waals surface area contributed by atoms with E-state index < -0.39 is 0 Å². The van der Waals surface area contributed by atoms with Crippen LogP contribution >= 0.6 is 0 Å². The van der Waals surface area contributed by atoms with Gasteiger partial charge in [-0.15, -0.1) is 0 Å². The highest BCUT2D eigenvalue weighted by atomic mass is 16.7. The lowest BCUT2D eigenvalue weighted by atomic mass is 10.1. The Morgan fingerprint density at radius 2 is 2.16 bits per heavy atom. The molecule has 0 atom stereocenters. The molecule has 0 saturated heterocycles. The number of hydrogen-bond acceptors (Lipinski definition) is 4. The fraction of sp³-hybridized carbons (Fsp3) is 0.357. The van der Waals surface area contributed by atoms with Gasteiger partial charge in [0.25, 0.3) is 0 Å². The van der Waals surface area contributed by atoms with Crippen molar-refractivity contribution < 1.29 is 9.47 Å². The Morgan fingerprint density at radius 3 is 3.00 bits per heavy atom. The van der Waals surface area contributed by atoms with Crippen LogP contribution in [0.4, 0.5) is 0 Å². The summed E-state index contributed by atoms with van der Waals surface area (Å²) in [5.41, 5.74) is 3.22. The summed E-state index contributed by atoms with van der Waals surface area (Å²) in [6.07, 6.45) is 2.04. The van der Waals surface area contributed by atoms with Crippen LogP contribution in [-0.2, 0) is 13.6 Å². The van der Waals surface area contributed by atoms with Gasteiger partial charge >= 0.3 is 0 Å². The van der Waals surface area contributed by atoms with E-state index in [-0.39, 0.29) is 0 Å². The molecule has 2 heterocycles. The van der Waals surface area contributed by atoms with Crippen LogP contribution in [0, 0.1) is 0 Å². The van der Waals surface area contributed by atoms with Crippen molar-refractivity contribution in [1.29, 1.82) is 0 Å². The van der Waals surface area contributed by atoms with Gasteiger partial charge in [-0.05, 0) is 24.7 Å². The van der Waals surface area contributed by atoms with Gasteiger partial charge in [-0.1, -0.05) is 6.92 Å². The van der Waals surface area contributed by atoms with Gasteiger partial charge in [-0.25, -0.2) is 0 Å². The molecule has 5 heteroatoms. The molecule has 1 aromatic carbocycles. The maximum absolute atomic E-state index is 5.42. The summed E-state index contributed by atoms with van der Waals surface area (Å²) in [4.78, 5) is 0. The van der Waals surface area contributed by atoms with Crippen LogP contribution in [-0.4, -0.2) is 23.1 Å². The second-order valence-corrected chi connectivity index (χ2v) is 4.52. The van der Waals surface area contributed by atoms with E-state index in [0.717, 1.165) is 35.8 Å². The highest BCUT2D eigenvalue weighted by Crippen LogP contribution is 2.36. The molecule has 0 amide bonds. The molecule has 1 aliphatic heterocycles. The number of aryl methyl sites for hydroxylation is 1. The number of nitrogens with one attached hydrogen (secondary N) is 1. The number of ether oxygens (including phenoxy) is 2. The monoisotopic (exact) mass is 259 g/mol. The first-order valence-corrected chi connectivity index (χ1v) is 6.41. The molecule has 0 radical (unpaired) electrons. The molecule has 19 heavy (non-hydrogen) atoms. The summed E-state index contributed by atoms with van der Waals surface area (Å²) in [7, 11) is 1.94. The molecule has 0 aliphatic carbocycles. The summed E-state index contributed by atoms with van der Waals surface area (Å²) in [6.45, 7) is 4.14. The van der Waals surface area contributed by atoms with Crippen molar-refractivity contribution in [2.24, 2.45) is 7.05 Å². The minimum atomic E-state index is 0.297. The number of benzene rings is 1. The maximum Gasteiger partial charge on any atom is 0.231 e. The quantitative estimate of drug-likeness (QED) is 0.911. The minimum absolute atomic E-state index is 0.297. The van der Waals surface area contributed by atoms with E-state index >= 15 is 0 Å². The summed E-state index contributed by atoms with van der Waals surface area (Å²) in [5.74, 6) is 1.59. The van der Waals surface area contributed by atoms with Gasteiger partial charge in [0.15, 0.2) is 11.5 Å². The average molecular weight is 259 g/mol. The molecule has 0 unspecified atom stereocenters. The summed E-state index contributed by atoms with van der Waals surface area (Å²) < 4.78 is 12.6. The number of aromatic nitrogens is 2. The molecule has 2 aromatic rings. The van der Waals surface area contributed by atoms with Crippen LogP contribution in [0.3, 0.4) is 0 Å². The predicted molar refractivity (Wildman–Crippen MR) is 72.1 cm³/mol. The molecule has 1 aromatic heterocycles. The Balaban J connectivity index is 1.97. The van der Waals surface area contributed by atoms with Gasteiger partial charge in [0.2, 0.25) is 6.79 Å². The third-order valence-corrected chi connectivity index (χ3v) is 3.12. The van der Waals surface area contributed by atoms with Crippen molar-refractivity contribution in [3.05, 3.63) is 30.0 Å². The zero-order chi connectivity index (χ0) is 13.2. The molecule has 100 valence electrons. The lowest BCUT2D eigenvalue weighted by Gasteiger charge is -2.04. The van der Waals surface area contributed by atoms with Crippen LogP contribution in [0.2, 0.25) is 0 Å². The Hall–Kier alpha value is -2.01. The van der Waals surface area contributed by atoms with E-state index in [2.05, 4.69) is 17.3 Å². The Labute approximate surface area is 112 Å². The van der Waals surface area contributed by atoms with Gasteiger partial charge < -0.3 is 14.8 Å². The van der Waals surface area contributed by atoms with Gasteiger partial charge in [-0.2, -0.15) is 5.10 Å². The smallest absolute Gasteiger partial charge is 0.231 e. The molecule has 0 spiro atoms. The molecular weight excluding hydrogens is 242 g/mol. The zero-order valence-electron chi connectivity index (χ0n) is 11.1. The fourth-order valence-corrected chi connectivity index (χ4v) is 2.21.